The first-order valence-electron chi connectivity index (χ1n) is 6.57. The number of aryl methyl sites for hydroxylation is 2. The average molecular weight is 257 g/mol. The number of imidazole rings is 1. The molecule has 3 nitrogen and oxygen atoms in total. The van der Waals surface area contributed by atoms with Crippen LogP contribution < -0.4 is 5.73 Å². The highest BCUT2D eigenvalue weighted by Gasteiger charge is 2.36. The van der Waals surface area contributed by atoms with Gasteiger partial charge >= 0.3 is 0 Å². The standard InChI is InChI=1S/C13H21F2N3/c1-18-9-8-17-12(18)3-2-11(16)10-4-6-13(14,15)7-5-10/h8-11H,2-7,16H2,1H3. The molecule has 2 N–H and O–H groups in total. The number of alkyl halides is 2. The van der Waals surface area contributed by atoms with E-state index in [1.54, 1.807) is 6.20 Å². The summed E-state index contributed by atoms with van der Waals surface area (Å²) in [5.74, 6) is -1.22. The first-order valence-corrected chi connectivity index (χ1v) is 6.57. The van der Waals surface area contributed by atoms with Crippen LogP contribution in [0.1, 0.15) is 37.9 Å². The minimum absolute atomic E-state index is 0.00618. The van der Waals surface area contributed by atoms with Gasteiger partial charge in [-0.1, -0.05) is 0 Å². The molecule has 1 aromatic rings. The van der Waals surface area contributed by atoms with Crippen molar-refractivity contribution < 1.29 is 8.78 Å². The van der Waals surface area contributed by atoms with Crippen molar-refractivity contribution >= 4 is 0 Å². The molecule has 1 atom stereocenters. The van der Waals surface area contributed by atoms with E-state index in [1.807, 2.05) is 17.8 Å². The SMILES string of the molecule is Cn1ccnc1CCC(N)C1CCC(F)(F)CC1. The third-order valence-corrected chi connectivity index (χ3v) is 3.99. The van der Waals surface area contributed by atoms with Gasteiger partial charge in [0.05, 0.1) is 0 Å². The Morgan fingerprint density at radius 3 is 2.72 bits per heavy atom. The summed E-state index contributed by atoms with van der Waals surface area (Å²) in [7, 11) is 1.95. The molecular formula is C13H21F2N3. The lowest BCUT2D eigenvalue weighted by atomic mass is 9.81. The molecule has 1 aromatic heterocycles. The lowest BCUT2D eigenvalue weighted by Crippen LogP contribution is -2.36. The van der Waals surface area contributed by atoms with Crippen LogP contribution in [0.2, 0.25) is 0 Å². The van der Waals surface area contributed by atoms with Crippen LogP contribution in [0.15, 0.2) is 12.4 Å². The van der Waals surface area contributed by atoms with Crippen LogP contribution in [0.3, 0.4) is 0 Å². The topological polar surface area (TPSA) is 43.8 Å². The number of rotatable bonds is 4. The second-order valence-corrected chi connectivity index (χ2v) is 5.35. The second-order valence-electron chi connectivity index (χ2n) is 5.35. The van der Waals surface area contributed by atoms with E-state index in [9.17, 15) is 8.78 Å². The van der Waals surface area contributed by atoms with Crippen molar-refractivity contribution in [1.29, 1.82) is 0 Å². The van der Waals surface area contributed by atoms with Crippen molar-refractivity contribution in [3.8, 4) is 0 Å². The van der Waals surface area contributed by atoms with E-state index in [0.717, 1.165) is 18.7 Å². The van der Waals surface area contributed by atoms with E-state index in [0.29, 0.717) is 12.8 Å². The van der Waals surface area contributed by atoms with Crippen LogP contribution >= 0.6 is 0 Å². The first kappa shape index (κ1) is 13.5. The summed E-state index contributed by atoms with van der Waals surface area (Å²) in [6, 6.07) is 0.0119. The van der Waals surface area contributed by atoms with Crippen molar-refractivity contribution in [1.82, 2.24) is 9.55 Å². The summed E-state index contributed by atoms with van der Waals surface area (Å²) in [5, 5.41) is 0. The molecule has 0 saturated heterocycles. The van der Waals surface area contributed by atoms with Gasteiger partial charge in [0.25, 0.3) is 0 Å². The van der Waals surface area contributed by atoms with Gasteiger partial charge in [0.15, 0.2) is 0 Å². The molecule has 0 aromatic carbocycles. The summed E-state index contributed by atoms with van der Waals surface area (Å²) in [5.41, 5.74) is 6.12. The van der Waals surface area contributed by atoms with E-state index in [-0.39, 0.29) is 24.8 Å². The fraction of sp³-hybridized carbons (Fsp3) is 0.769. The highest BCUT2D eigenvalue weighted by Crippen LogP contribution is 2.37. The number of hydrogen-bond acceptors (Lipinski definition) is 2. The normalized spacial score (nSPS) is 22.0. The van der Waals surface area contributed by atoms with E-state index < -0.39 is 5.92 Å². The van der Waals surface area contributed by atoms with Crippen LogP contribution in [-0.2, 0) is 13.5 Å². The van der Waals surface area contributed by atoms with Crippen molar-refractivity contribution in [3.63, 3.8) is 0 Å². The molecule has 5 heteroatoms. The Morgan fingerprint density at radius 2 is 2.17 bits per heavy atom. The summed E-state index contributed by atoms with van der Waals surface area (Å²) in [4.78, 5) is 4.24. The molecule has 18 heavy (non-hydrogen) atoms. The quantitative estimate of drug-likeness (QED) is 0.900. The molecule has 0 amide bonds. The minimum atomic E-state index is -2.46. The van der Waals surface area contributed by atoms with Crippen molar-refractivity contribution in [2.45, 2.75) is 50.5 Å². The van der Waals surface area contributed by atoms with Gasteiger partial charge in [-0.15, -0.1) is 0 Å². The molecule has 1 unspecified atom stereocenters. The number of halogens is 2. The Morgan fingerprint density at radius 1 is 1.50 bits per heavy atom. The third-order valence-electron chi connectivity index (χ3n) is 3.99. The fourth-order valence-corrected chi connectivity index (χ4v) is 2.66. The molecule has 2 rings (SSSR count). The van der Waals surface area contributed by atoms with Gasteiger partial charge < -0.3 is 10.3 Å². The predicted octanol–water partition coefficient (Wildman–Crippen LogP) is 2.51. The number of aromatic nitrogens is 2. The average Bonchev–Trinajstić information content (AvgIpc) is 2.72. The van der Waals surface area contributed by atoms with Crippen LogP contribution in [0.25, 0.3) is 0 Å². The zero-order valence-corrected chi connectivity index (χ0v) is 10.8. The van der Waals surface area contributed by atoms with Crippen LogP contribution in [0.5, 0.6) is 0 Å². The molecule has 0 spiro atoms. The molecule has 1 heterocycles. The monoisotopic (exact) mass is 257 g/mol. The third kappa shape index (κ3) is 3.28. The van der Waals surface area contributed by atoms with Gasteiger partial charge in [0, 0.05) is 44.7 Å². The first-order chi connectivity index (χ1) is 8.48. The van der Waals surface area contributed by atoms with Crippen molar-refractivity contribution in [3.05, 3.63) is 18.2 Å². The Hall–Kier alpha value is -0.970. The molecule has 0 radical (unpaired) electrons. The maximum atomic E-state index is 13.0. The van der Waals surface area contributed by atoms with Gasteiger partial charge in [-0.25, -0.2) is 13.8 Å². The van der Waals surface area contributed by atoms with Gasteiger partial charge in [0.1, 0.15) is 5.82 Å². The molecule has 1 aliphatic rings. The second kappa shape index (κ2) is 5.34. The van der Waals surface area contributed by atoms with E-state index in [2.05, 4.69) is 4.98 Å². The molecule has 1 saturated carbocycles. The predicted molar refractivity (Wildman–Crippen MR) is 66.4 cm³/mol. The highest BCUT2D eigenvalue weighted by atomic mass is 19.3. The molecule has 1 fully saturated rings. The Kier molecular flexibility index (Phi) is 4.00. The summed E-state index contributed by atoms with van der Waals surface area (Å²) < 4.78 is 28.1. The molecular weight excluding hydrogens is 236 g/mol. The zero-order valence-electron chi connectivity index (χ0n) is 10.8. The van der Waals surface area contributed by atoms with Crippen molar-refractivity contribution in [2.75, 3.05) is 0 Å². The van der Waals surface area contributed by atoms with Crippen LogP contribution in [0, 0.1) is 5.92 Å². The Bertz CT molecular complexity index is 379. The molecule has 0 bridgehead atoms. The van der Waals surface area contributed by atoms with Gasteiger partial charge in [-0.2, -0.15) is 0 Å². The summed E-state index contributed by atoms with van der Waals surface area (Å²) >= 11 is 0. The smallest absolute Gasteiger partial charge is 0.248 e. The van der Waals surface area contributed by atoms with Gasteiger partial charge in [-0.3, -0.25) is 0 Å². The lowest BCUT2D eigenvalue weighted by Gasteiger charge is -2.31. The van der Waals surface area contributed by atoms with E-state index in [1.165, 1.54) is 0 Å². The van der Waals surface area contributed by atoms with Crippen LogP contribution in [0.4, 0.5) is 8.78 Å². The summed E-state index contributed by atoms with van der Waals surface area (Å²) in [6.45, 7) is 0. The largest absolute Gasteiger partial charge is 0.338 e. The molecule has 0 aliphatic heterocycles. The number of hydrogen-bond donors (Lipinski definition) is 1. The maximum absolute atomic E-state index is 13.0. The lowest BCUT2D eigenvalue weighted by molar-refractivity contribution is -0.0484. The minimum Gasteiger partial charge on any atom is -0.338 e. The maximum Gasteiger partial charge on any atom is 0.248 e. The summed E-state index contributed by atoms with van der Waals surface area (Å²) in [6.07, 6.45) is 6.40. The van der Waals surface area contributed by atoms with Gasteiger partial charge in [0.2, 0.25) is 5.92 Å². The van der Waals surface area contributed by atoms with Gasteiger partial charge in [-0.05, 0) is 25.2 Å². The van der Waals surface area contributed by atoms with E-state index >= 15 is 0 Å². The van der Waals surface area contributed by atoms with Crippen molar-refractivity contribution in [2.24, 2.45) is 18.7 Å². The number of nitrogens with two attached hydrogens (primary N) is 1. The number of nitrogens with zero attached hydrogens (tertiary/aromatic N) is 2. The molecule has 102 valence electrons. The van der Waals surface area contributed by atoms with Crippen LogP contribution in [-0.4, -0.2) is 21.5 Å². The zero-order chi connectivity index (χ0) is 13.2. The Balaban J connectivity index is 1.79. The molecule has 1 aliphatic carbocycles. The Labute approximate surface area is 106 Å². The highest BCUT2D eigenvalue weighted by molar-refractivity contribution is 4.93. The van der Waals surface area contributed by atoms with E-state index in [4.69, 9.17) is 5.73 Å². The fourth-order valence-electron chi connectivity index (χ4n) is 2.66.